The summed E-state index contributed by atoms with van der Waals surface area (Å²) in [5.41, 5.74) is 0.743. The molecule has 0 heterocycles. The molecule has 1 aromatic carbocycles. The normalized spacial score (nSPS) is 11.9. The predicted molar refractivity (Wildman–Crippen MR) is 54.9 cm³/mol. The van der Waals surface area contributed by atoms with Crippen LogP contribution in [0.4, 0.5) is 18.9 Å². The van der Waals surface area contributed by atoms with Crippen LogP contribution in [-0.4, -0.2) is 6.04 Å². The number of alkyl halides is 3. The first kappa shape index (κ1) is 11.9. The van der Waals surface area contributed by atoms with Crippen molar-refractivity contribution in [1.29, 1.82) is 0 Å². The minimum absolute atomic E-state index is 0.118. The van der Waals surface area contributed by atoms with Gasteiger partial charge in [0.25, 0.3) is 0 Å². The summed E-state index contributed by atoms with van der Waals surface area (Å²) in [7, 11) is 0. The summed E-state index contributed by atoms with van der Waals surface area (Å²) in [5.74, 6) is 0. The van der Waals surface area contributed by atoms with E-state index in [0.717, 1.165) is 17.7 Å². The smallest absolute Gasteiger partial charge is 0.383 e. The van der Waals surface area contributed by atoms with Gasteiger partial charge in [-0.25, -0.2) is 0 Å². The van der Waals surface area contributed by atoms with E-state index < -0.39 is 11.7 Å². The van der Waals surface area contributed by atoms with Gasteiger partial charge in [-0.15, -0.1) is 0 Å². The van der Waals surface area contributed by atoms with Gasteiger partial charge in [0.1, 0.15) is 0 Å². The van der Waals surface area contributed by atoms with Crippen LogP contribution in [0.5, 0.6) is 0 Å². The zero-order valence-electron chi connectivity index (χ0n) is 8.94. The molecule has 0 spiro atoms. The largest absolute Gasteiger partial charge is 0.416 e. The third kappa shape index (κ3) is 3.15. The summed E-state index contributed by atoms with van der Waals surface area (Å²) < 4.78 is 37.2. The van der Waals surface area contributed by atoms with Crippen molar-refractivity contribution in [3.05, 3.63) is 29.3 Å². The fraction of sp³-hybridized carbons (Fsp3) is 0.455. The highest BCUT2D eigenvalue weighted by Crippen LogP contribution is 2.32. The fourth-order valence-corrected chi connectivity index (χ4v) is 1.26. The molecule has 0 radical (unpaired) electrons. The Morgan fingerprint density at radius 3 is 2.27 bits per heavy atom. The van der Waals surface area contributed by atoms with Crippen molar-refractivity contribution < 1.29 is 13.2 Å². The maximum absolute atomic E-state index is 12.4. The van der Waals surface area contributed by atoms with Crippen molar-refractivity contribution in [2.45, 2.75) is 33.0 Å². The molecular formula is C11H14F3N. The van der Waals surface area contributed by atoms with Crippen LogP contribution in [-0.2, 0) is 6.18 Å². The zero-order valence-corrected chi connectivity index (χ0v) is 8.94. The molecule has 0 saturated carbocycles. The highest BCUT2D eigenvalue weighted by Gasteiger charge is 2.30. The van der Waals surface area contributed by atoms with Crippen LogP contribution in [0.3, 0.4) is 0 Å². The number of hydrogen-bond donors (Lipinski definition) is 1. The molecule has 84 valence electrons. The second kappa shape index (κ2) is 4.13. The van der Waals surface area contributed by atoms with Crippen molar-refractivity contribution in [2.24, 2.45) is 0 Å². The molecule has 0 aliphatic carbocycles. The number of halogens is 3. The van der Waals surface area contributed by atoms with E-state index in [2.05, 4.69) is 5.32 Å². The van der Waals surface area contributed by atoms with E-state index in [4.69, 9.17) is 0 Å². The number of benzene rings is 1. The molecule has 1 nitrogen and oxygen atoms in total. The maximum atomic E-state index is 12.4. The van der Waals surface area contributed by atoms with Gasteiger partial charge in [-0.2, -0.15) is 13.2 Å². The summed E-state index contributed by atoms with van der Waals surface area (Å²) in [4.78, 5) is 0. The molecule has 0 aromatic heterocycles. The van der Waals surface area contributed by atoms with Crippen molar-refractivity contribution in [3.63, 3.8) is 0 Å². The Hall–Kier alpha value is -1.19. The minimum atomic E-state index is -4.28. The SMILES string of the molecule is Cc1ccc(C(F)(F)F)cc1NC(C)C. The third-order valence-electron chi connectivity index (χ3n) is 2.01. The van der Waals surface area contributed by atoms with Gasteiger partial charge in [0.2, 0.25) is 0 Å². The van der Waals surface area contributed by atoms with Gasteiger partial charge >= 0.3 is 6.18 Å². The average Bonchev–Trinajstić information content (AvgIpc) is 2.06. The van der Waals surface area contributed by atoms with Gasteiger partial charge in [0.15, 0.2) is 0 Å². The third-order valence-corrected chi connectivity index (χ3v) is 2.01. The van der Waals surface area contributed by atoms with Gasteiger partial charge in [-0.1, -0.05) is 6.07 Å². The Morgan fingerprint density at radius 2 is 1.80 bits per heavy atom. The van der Waals surface area contributed by atoms with Gasteiger partial charge < -0.3 is 5.32 Å². The highest BCUT2D eigenvalue weighted by atomic mass is 19.4. The van der Waals surface area contributed by atoms with Gasteiger partial charge in [0.05, 0.1) is 5.56 Å². The molecule has 1 rings (SSSR count). The van der Waals surface area contributed by atoms with Crippen molar-refractivity contribution in [1.82, 2.24) is 0 Å². The Kier molecular flexibility index (Phi) is 3.27. The number of anilines is 1. The lowest BCUT2D eigenvalue weighted by atomic mass is 10.1. The van der Waals surface area contributed by atoms with E-state index >= 15 is 0 Å². The van der Waals surface area contributed by atoms with E-state index in [-0.39, 0.29) is 6.04 Å². The summed E-state index contributed by atoms with van der Waals surface area (Å²) in [6.45, 7) is 5.56. The second-order valence-corrected chi connectivity index (χ2v) is 3.83. The summed E-state index contributed by atoms with van der Waals surface area (Å²) in [6, 6.07) is 3.84. The first-order valence-electron chi connectivity index (χ1n) is 4.75. The first-order chi connectivity index (χ1) is 6.80. The van der Waals surface area contributed by atoms with Crippen LogP contribution in [0.2, 0.25) is 0 Å². The Balaban J connectivity index is 3.06. The zero-order chi connectivity index (χ0) is 11.6. The van der Waals surface area contributed by atoms with Crippen LogP contribution >= 0.6 is 0 Å². The maximum Gasteiger partial charge on any atom is 0.416 e. The van der Waals surface area contributed by atoms with Crippen LogP contribution in [0.15, 0.2) is 18.2 Å². The molecule has 0 aliphatic heterocycles. The van der Waals surface area contributed by atoms with E-state index in [9.17, 15) is 13.2 Å². The molecule has 0 amide bonds. The van der Waals surface area contributed by atoms with Gasteiger partial charge in [0, 0.05) is 11.7 Å². The number of nitrogens with one attached hydrogen (secondary N) is 1. The molecule has 0 bridgehead atoms. The molecule has 15 heavy (non-hydrogen) atoms. The molecule has 0 unspecified atom stereocenters. The summed E-state index contributed by atoms with van der Waals surface area (Å²) >= 11 is 0. The molecule has 0 saturated heterocycles. The standard InChI is InChI=1S/C11H14F3N/c1-7(2)15-10-6-9(11(12,13)14)5-4-8(10)3/h4-7,15H,1-3H3. The number of hydrogen-bond acceptors (Lipinski definition) is 1. The average molecular weight is 217 g/mol. The van der Waals surface area contributed by atoms with Gasteiger partial charge in [-0.3, -0.25) is 0 Å². The molecule has 0 atom stereocenters. The van der Waals surface area contributed by atoms with Crippen molar-refractivity contribution in [2.75, 3.05) is 5.32 Å². The lowest BCUT2D eigenvalue weighted by Crippen LogP contribution is -2.12. The quantitative estimate of drug-likeness (QED) is 0.793. The first-order valence-corrected chi connectivity index (χ1v) is 4.75. The van der Waals surface area contributed by atoms with Crippen molar-refractivity contribution >= 4 is 5.69 Å². The Morgan fingerprint density at radius 1 is 1.20 bits per heavy atom. The summed E-state index contributed by atoms with van der Waals surface area (Å²) in [6.07, 6.45) is -4.28. The summed E-state index contributed by atoms with van der Waals surface area (Å²) in [5, 5.41) is 2.99. The van der Waals surface area contributed by atoms with Crippen LogP contribution in [0, 0.1) is 6.92 Å². The molecule has 4 heteroatoms. The molecule has 1 N–H and O–H groups in total. The van der Waals surface area contributed by atoms with E-state index in [1.165, 1.54) is 6.07 Å². The van der Waals surface area contributed by atoms with E-state index in [1.807, 2.05) is 13.8 Å². The topological polar surface area (TPSA) is 12.0 Å². The van der Waals surface area contributed by atoms with Crippen LogP contribution in [0.25, 0.3) is 0 Å². The lowest BCUT2D eigenvalue weighted by molar-refractivity contribution is -0.137. The Labute approximate surface area is 87.3 Å². The molecule has 0 aliphatic rings. The minimum Gasteiger partial charge on any atom is -0.383 e. The molecular weight excluding hydrogens is 203 g/mol. The number of aryl methyl sites for hydroxylation is 1. The van der Waals surface area contributed by atoms with Gasteiger partial charge in [-0.05, 0) is 38.5 Å². The van der Waals surface area contributed by atoms with E-state index in [1.54, 1.807) is 6.92 Å². The Bertz CT molecular complexity index is 342. The fourth-order valence-electron chi connectivity index (χ4n) is 1.26. The van der Waals surface area contributed by atoms with Crippen LogP contribution < -0.4 is 5.32 Å². The lowest BCUT2D eigenvalue weighted by Gasteiger charge is -2.15. The van der Waals surface area contributed by atoms with Crippen LogP contribution in [0.1, 0.15) is 25.0 Å². The van der Waals surface area contributed by atoms with E-state index in [0.29, 0.717) is 5.69 Å². The molecule has 0 fully saturated rings. The van der Waals surface area contributed by atoms with Crippen molar-refractivity contribution in [3.8, 4) is 0 Å². The monoisotopic (exact) mass is 217 g/mol. The predicted octanol–water partition coefficient (Wildman–Crippen LogP) is 3.83. The second-order valence-electron chi connectivity index (χ2n) is 3.83. The molecule has 1 aromatic rings. The highest BCUT2D eigenvalue weighted by molar-refractivity contribution is 5.53. The number of rotatable bonds is 2.